The molecule has 2 N–H and O–H groups in total. The molecule has 0 aliphatic carbocycles. The van der Waals surface area contributed by atoms with Crippen molar-refractivity contribution in [3.05, 3.63) is 58.1 Å². The fourth-order valence-electron chi connectivity index (χ4n) is 2.53. The van der Waals surface area contributed by atoms with Gasteiger partial charge in [-0.3, -0.25) is 14.5 Å². The molecule has 5 nitrogen and oxygen atoms in total. The van der Waals surface area contributed by atoms with E-state index >= 15 is 0 Å². The number of hydrogen-bond donors (Lipinski definition) is 2. The van der Waals surface area contributed by atoms with E-state index in [1.165, 1.54) is 0 Å². The number of benzene rings is 2. The number of amides is 2. The van der Waals surface area contributed by atoms with Crippen LogP contribution in [0, 0.1) is 20.8 Å². The van der Waals surface area contributed by atoms with Gasteiger partial charge in [0.25, 0.3) is 0 Å². The van der Waals surface area contributed by atoms with E-state index in [0.717, 1.165) is 22.4 Å². The molecule has 0 aromatic heterocycles. The average molecular weight is 374 g/mol. The molecule has 0 spiro atoms. The van der Waals surface area contributed by atoms with Gasteiger partial charge in [0.05, 0.1) is 23.8 Å². The van der Waals surface area contributed by atoms with Crippen molar-refractivity contribution in [1.29, 1.82) is 0 Å². The summed E-state index contributed by atoms with van der Waals surface area (Å²) in [4.78, 5) is 26.0. The molecule has 138 valence electrons. The van der Waals surface area contributed by atoms with E-state index in [0.29, 0.717) is 10.7 Å². The number of carbonyl (C=O) groups is 2. The first-order chi connectivity index (χ1) is 12.3. The highest BCUT2D eigenvalue weighted by molar-refractivity contribution is 6.33. The van der Waals surface area contributed by atoms with Gasteiger partial charge in [-0.25, -0.2) is 0 Å². The van der Waals surface area contributed by atoms with Crippen LogP contribution in [0.25, 0.3) is 0 Å². The van der Waals surface area contributed by atoms with Crippen LogP contribution in [0.2, 0.25) is 5.02 Å². The van der Waals surface area contributed by atoms with Crippen LogP contribution in [0.3, 0.4) is 0 Å². The van der Waals surface area contributed by atoms with Gasteiger partial charge in [0.2, 0.25) is 11.8 Å². The number of halogens is 1. The van der Waals surface area contributed by atoms with Crippen LogP contribution in [0.4, 0.5) is 11.4 Å². The molecular formula is C20H24ClN3O2. The molecule has 0 aliphatic rings. The normalized spacial score (nSPS) is 10.7. The van der Waals surface area contributed by atoms with Gasteiger partial charge in [0.15, 0.2) is 0 Å². The van der Waals surface area contributed by atoms with Crippen LogP contribution >= 0.6 is 11.6 Å². The highest BCUT2D eigenvalue weighted by atomic mass is 35.5. The van der Waals surface area contributed by atoms with Crippen LogP contribution in [-0.4, -0.2) is 36.9 Å². The predicted molar refractivity (Wildman–Crippen MR) is 107 cm³/mol. The Bertz CT molecular complexity index is 821. The smallest absolute Gasteiger partial charge is 0.238 e. The summed E-state index contributed by atoms with van der Waals surface area (Å²) in [6.45, 7) is 6.09. The van der Waals surface area contributed by atoms with Crippen molar-refractivity contribution >= 4 is 34.8 Å². The Morgan fingerprint density at radius 3 is 2.19 bits per heavy atom. The minimum atomic E-state index is -0.224. The predicted octanol–water partition coefficient (Wildman–Crippen LogP) is 3.77. The molecule has 0 bridgehead atoms. The van der Waals surface area contributed by atoms with Gasteiger partial charge >= 0.3 is 0 Å². The summed E-state index contributed by atoms with van der Waals surface area (Å²) in [5.74, 6) is -0.389. The Morgan fingerprint density at radius 1 is 0.962 bits per heavy atom. The lowest BCUT2D eigenvalue weighted by atomic mass is 10.1. The number of nitrogens with one attached hydrogen (secondary N) is 2. The second-order valence-corrected chi connectivity index (χ2v) is 6.91. The molecule has 2 aromatic carbocycles. The van der Waals surface area contributed by atoms with E-state index in [1.807, 2.05) is 45.0 Å². The summed E-state index contributed by atoms with van der Waals surface area (Å²) < 4.78 is 0. The van der Waals surface area contributed by atoms with Crippen molar-refractivity contribution in [1.82, 2.24) is 4.90 Å². The zero-order valence-corrected chi connectivity index (χ0v) is 16.3. The SMILES string of the molecule is Cc1ccc(NC(=O)CN(C)CC(=O)Nc2cccc(C)c2C)c(Cl)c1. The molecule has 0 saturated heterocycles. The summed E-state index contributed by atoms with van der Waals surface area (Å²) in [6, 6.07) is 11.2. The standard InChI is InChI=1S/C20H24ClN3O2/c1-13-8-9-18(16(21)10-13)23-20(26)12-24(4)11-19(25)22-17-7-5-6-14(2)15(17)3/h5-10H,11-12H2,1-4H3,(H,22,25)(H,23,26). The quantitative estimate of drug-likeness (QED) is 0.810. The maximum absolute atomic E-state index is 12.2. The zero-order valence-electron chi connectivity index (χ0n) is 15.5. The van der Waals surface area contributed by atoms with E-state index in [-0.39, 0.29) is 24.9 Å². The molecule has 0 radical (unpaired) electrons. The molecule has 26 heavy (non-hydrogen) atoms. The number of carbonyl (C=O) groups excluding carboxylic acids is 2. The van der Waals surface area contributed by atoms with Gasteiger partial charge in [-0.05, 0) is 62.7 Å². The Morgan fingerprint density at radius 2 is 1.58 bits per heavy atom. The third-order valence-electron chi connectivity index (χ3n) is 4.10. The van der Waals surface area contributed by atoms with E-state index in [2.05, 4.69) is 10.6 Å². The molecule has 0 unspecified atom stereocenters. The van der Waals surface area contributed by atoms with Crippen molar-refractivity contribution in [2.75, 3.05) is 30.8 Å². The van der Waals surface area contributed by atoms with Crippen LogP contribution in [0.15, 0.2) is 36.4 Å². The number of rotatable bonds is 6. The maximum atomic E-state index is 12.2. The molecule has 0 fully saturated rings. The van der Waals surface area contributed by atoms with E-state index < -0.39 is 0 Å². The first-order valence-corrected chi connectivity index (χ1v) is 8.74. The Labute approximate surface area is 159 Å². The molecule has 0 atom stereocenters. The monoisotopic (exact) mass is 373 g/mol. The van der Waals surface area contributed by atoms with Gasteiger partial charge in [-0.1, -0.05) is 29.8 Å². The fourth-order valence-corrected chi connectivity index (χ4v) is 2.82. The first-order valence-electron chi connectivity index (χ1n) is 8.37. The number of aryl methyl sites for hydroxylation is 2. The van der Waals surface area contributed by atoms with Crippen molar-refractivity contribution < 1.29 is 9.59 Å². The van der Waals surface area contributed by atoms with Crippen molar-refractivity contribution in [2.45, 2.75) is 20.8 Å². The summed E-state index contributed by atoms with van der Waals surface area (Å²) in [7, 11) is 1.72. The number of nitrogens with zero attached hydrogens (tertiary/aromatic N) is 1. The molecule has 0 heterocycles. The van der Waals surface area contributed by atoms with Crippen LogP contribution < -0.4 is 10.6 Å². The number of anilines is 2. The number of likely N-dealkylation sites (N-methyl/N-ethyl adjacent to an activating group) is 1. The van der Waals surface area contributed by atoms with E-state index in [1.54, 1.807) is 24.1 Å². The third kappa shape index (κ3) is 5.58. The van der Waals surface area contributed by atoms with Crippen LogP contribution in [-0.2, 0) is 9.59 Å². The molecule has 2 amide bonds. The minimum absolute atomic E-state index is 0.0877. The highest BCUT2D eigenvalue weighted by Crippen LogP contribution is 2.22. The van der Waals surface area contributed by atoms with Crippen LogP contribution in [0.1, 0.15) is 16.7 Å². The molecule has 0 aliphatic heterocycles. The van der Waals surface area contributed by atoms with Crippen molar-refractivity contribution in [2.24, 2.45) is 0 Å². The molecule has 0 saturated carbocycles. The topological polar surface area (TPSA) is 61.4 Å². The summed E-state index contributed by atoms with van der Waals surface area (Å²) >= 11 is 6.12. The minimum Gasteiger partial charge on any atom is -0.325 e. The van der Waals surface area contributed by atoms with Gasteiger partial charge in [-0.2, -0.15) is 0 Å². The Kier molecular flexibility index (Phi) is 6.77. The fraction of sp³-hybridized carbons (Fsp3) is 0.300. The lowest BCUT2D eigenvalue weighted by molar-refractivity contribution is -0.119. The Balaban J connectivity index is 1.87. The lowest BCUT2D eigenvalue weighted by Gasteiger charge is -2.17. The Hall–Kier alpha value is -2.37. The summed E-state index contributed by atoms with van der Waals surface area (Å²) in [6.07, 6.45) is 0. The lowest BCUT2D eigenvalue weighted by Crippen LogP contribution is -2.36. The van der Waals surface area contributed by atoms with Gasteiger partial charge in [0.1, 0.15) is 0 Å². The second kappa shape index (κ2) is 8.83. The summed E-state index contributed by atoms with van der Waals surface area (Å²) in [5.41, 5.74) is 4.53. The number of hydrogen-bond acceptors (Lipinski definition) is 3. The van der Waals surface area contributed by atoms with Crippen molar-refractivity contribution in [3.63, 3.8) is 0 Å². The van der Waals surface area contributed by atoms with Gasteiger partial charge in [0, 0.05) is 5.69 Å². The molecule has 6 heteroatoms. The first kappa shape index (κ1) is 19.9. The third-order valence-corrected chi connectivity index (χ3v) is 4.42. The average Bonchev–Trinajstić information content (AvgIpc) is 2.54. The maximum Gasteiger partial charge on any atom is 0.238 e. The van der Waals surface area contributed by atoms with Gasteiger partial charge < -0.3 is 10.6 Å². The largest absolute Gasteiger partial charge is 0.325 e. The van der Waals surface area contributed by atoms with Crippen LogP contribution in [0.5, 0.6) is 0 Å². The zero-order chi connectivity index (χ0) is 19.3. The van der Waals surface area contributed by atoms with Crippen molar-refractivity contribution in [3.8, 4) is 0 Å². The summed E-state index contributed by atoms with van der Waals surface area (Å²) in [5, 5.41) is 6.14. The van der Waals surface area contributed by atoms with E-state index in [4.69, 9.17) is 11.6 Å². The second-order valence-electron chi connectivity index (χ2n) is 6.50. The van der Waals surface area contributed by atoms with E-state index in [9.17, 15) is 9.59 Å². The molecule has 2 rings (SSSR count). The molecule has 2 aromatic rings. The van der Waals surface area contributed by atoms with Gasteiger partial charge in [-0.15, -0.1) is 0 Å². The molecular weight excluding hydrogens is 350 g/mol. The highest BCUT2D eigenvalue weighted by Gasteiger charge is 2.13.